The molecule has 1 aliphatic rings. The van der Waals surface area contributed by atoms with Gasteiger partial charge in [0.25, 0.3) is 0 Å². The Bertz CT molecular complexity index is 407. The second kappa shape index (κ2) is 3.59. The van der Waals surface area contributed by atoms with Gasteiger partial charge in [0.1, 0.15) is 0 Å². The lowest BCUT2D eigenvalue weighted by Crippen LogP contribution is -2.06. The van der Waals surface area contributed by atoms with Crippen LogP contribution in [0.1, 0.15) is 24.0 Å². The van der Waals surface area contributed by atoms with Gasteiger partial charge in [-0.3, -0.25) is 0 Å². The first-order valence-corrected chi connectivity index (χ1v) is 5.41. The largest absolute Gasteiger partial charge is 0.416 e. The molecule has 0 N–H and O–H groups in total. The van der Waals surface area contributed by atoms with E-state index >= 15 is 0 Å². The fourth-order valence-corrected chi connectivity index (χ4v) is 2.57. The third-order valence-electron chi connectivity index (χ3n) is 2.39. The molecule has 1 heterocycles. The minimum atomic E-state index is -4.25. The Kier molecular flexibility index (Phi) is 2.54. The molecule has 2 rings (SSSR count). The van der Waals surface area contributed by atoms with E-state index in [2.05, 4.69) is 0 Å². The highest BCUT2D eigenvalue weighted by atomic mass is 32.2. The molecule has 0 aromatic heterocycles. The molecule has 0 fully saturated rings. The van der Waals surface area contributed by atoms with Crippen molar-refractivity contribution in [2.75, 3.05) is 0 Å². The van der Waals surface area contributed by atoms with Crippen molar-refractivity contribution in [2.24, 2.45) is 0 Å². The van der Waals surface area contributed by atoms with E-state index in [-0.39, 0.29) is 5.92 Å². The van der Waals surface area contributed by atoms with Gasteiger partial charge in [-0.25, -0.2) is 0 Å². The van der Waals surface area contributed by atoms with Crippen LogP contribution >= 0.6 is 11.8 Å². The second-order valence-electron chi connectivity index (χ2n) is 3.49. The molecule has 4 heteroatoms. The van der Waals surface area contributed by atoms with Gasteiger partial charge in [-0.05, 0) is 23.1 Å². The van der Waals surface area contributed by atoms with Crippen LogP contribution in [-0.2, 0) is 6.18 Å². The van der Waals surface area contributed by atoms with Crippen molar-refractivity contribution in [2.45, 2.75) is 23.9 Å². The maximum absolute atomic E-state index is 12.4. The summed E-state index contributed by atoms with van der Waals surface area (Å²) in [6.07, 6.45) is -2.26. The number of alkyl halides is 3. The topological polar surface area (TPSA) is 0 Å². The molecule has 0 spiro atoms. The maximum Gasteiger partial charge on any atom is 0.416 e. The Morgan fingerprint density at radius 1 is 1.27 bits per heavy atom. The predicted molar refractivity (Wildman–Crippen MR) is 54.9 cm³/mol. The minimum Gasteiger partial charge on any atom is -0.166 e. The van der Waals surface area contributed by atoms with Gasteiger partial charge in [-0.1, -0.05) is 30.8 Å². The third-order valence-corrected chi connectivity index (χ3v) is 3.29. The molecule has 1 unspecified atom stereocenters. The summed E-state index contributed by atoms with van der Waals surface area (Å²) in [6.45, 7) is 1.97. The number of hydrogen-bond donors (Lipinski definition) is 0. The summed E-state index contributed by atoms with van der Waals surface area (Å²) in [5.41, 5.74) is 0.395. The van der Waals surface area contributed by atoms with E-state index in [4.69, 9.17) is 0 Å². The molecule has 0 aliphatic carbocycles. The van der Waals surface area contributed by atoms with Gasteiger partial charge < -0.3 is 0 Å². The van der Waals surface area contributed by atoms with Crippen molar-refractivity contribution in [1.29, 1.82) is 0 Å². The third kappa shape index (κ3) is 2.04. The molecular formula is C11H9F3S. The predicted octanol–water partition coefficient (Wildman–Crippen LogP) is 4.43. The zero-order valence-electron chi connectivity index (χ0n) is 8.01. The summed E-state index contributed by atoms with van der Waals surface area (Å²) in [6, 6.07) is 3.94. The Hall–Kier alpha value is -0.900. The van der Waals surface area contributed by atoms with Crippen molar-refractivity contribution in [3.63, 3.8) is 0 Å². The van der Waals surface area contributed by atoms with E-state index in [1.54, 1.807) is 6.07 Å². The summed E-state index contributed by atoms with van der Waals surface area (Å²) in [5.74, 6) is 0.198. The molecule has 1 aromatic carbocycles. The molecule has 0 radical (unpaired) electrons. The van der Waals surface area contributed by atoms with Crippen LogP contribution in [0.25, 0.3) is 0 Å². The van der Waals surface area contributed by atoms with E-state index in [1.165, 1.54) is 17.8 Å². The van der Waals surface area contributed by atoms with Crippen LogP contribution < -0.4 is 0 Å². The van der Waals surface area contributed by atoms with Crippen molar-refractivity contribution < 1.29 is 13.2 Å². The van der Waals surface area contributed by atoms with E-state index in [0.29, 0.717) is 4.90 Å². The molecular weight excluding hydrogens is 221 g/mol. The first-order chi connectivity index (χ1) is 6.98. The summed E-state index contributed by atoms with van der Waals surface area (Å²) in [7, 11) is 0. The van der Waals surface area contributed by atoms with Crippen molar-refractivity contribution in [3.05, 3.63) is 40.8 Å². The van der Waals surface area contributed by atoms with Crippen LogP contribution in [-0.4, -0.2) is 0 Å². The smallest absolute Gasteiger partial charge is 0.166 e. The summed E-state index contributed by atoms with van der Waals surface area (Å²) < 4.78 is 37.3. The van der Waals surface area contributed by atoms with Gasteiger partial charge in [0, 0.05) is 10.8 Å². The zero-order chi connectivity index (χ0) is 11.1. The SMILES string of the molecule is CC1C=CSc2cc(C(F)(F)F)ccc21. The first kappa shape index (κ1) is 10.6. The number of fused-ring (bicyclic) bond motifs is 1. The van der Waals surface area contributed by atoms with Crippen LogP contribution in [0.15, 0.2) is 34.6 Å². The summed E-state index contributed by atoms with van der Waals surface area (Å²) in [5, 5.41) is 1.84. The normalized spacial score (nSPS) is 20.1. The standard InChI is InChI=1S/C11H9F3S/c1-7-4-5-15-10-6-8(11(12,13)14)2-3-9(7)10/h2-7H,1H3. The molecule has 1 aromatic rings. The fourth-order valence-electron chi connectivity index (χ4n) is 1.52. The lowest BCUT2D eigenvalue weighted by molar-refractivity contribution is -0.137. The van der Waals surface area contributed by atoms with E-state index in [9.17, 15) is 13.2 Å². The molecule has 80 valence electrons. The number of allylic oxidation sites excluding steroid dienone is 1. The Labute approximate surface area is 90.2 Å². The Morgan fingerprint density at radius 2 is 2.00 bits per heavy atom. The average Bonchev–Trinajstić information content (AvgIpc) is 2.16. The molecule has 1 atom stereocenters. The fraction of sp³-hybridized carbons (Fsp3) is 0.273. The average molecular weight is 230 g/mol. The van der Waals surface area contributed by atoms with Crippen LogP contribution in [0.4, 0.5) is 13.2 Å². The van der Waals surface area contributed by atoms with E-state index < -0.39 is 11.7 Å². The van der Waals surface area contributed by atoms with Crippen molar-refractivity contribution in [3.8, 4) is 0 Å². The minimum absolute atomic E-state index is 0.198. The summed E-state index contributed by atoms with van der Waals surface area (Å²) >= 11 is 1.34. The number of hydrogen-bond acceptors (Lipinski definition) is 1. The maximum atomic E-state index is 12.4. The van der Waals surface area contributed by atoms with E-state index in [0.717, 1.165) is 11.6 Å². The molecule has 0 bridgehead atoms. The summed E-state index contributed by atoms with van der Waals surface area (Å²) in [4.78, 5) is 0.708. The molecule has 1 aliphatic heterocycles. The number of rotatable bonds is 0. The van der Waals surface area contributed by atoms with Gasteiger partial charge in [-0.15, -0.1) is 0 Å². The van der Waals surface area contributed by atoms with Gasteiger partial charge in [-0.2, -0.15) is 13.2 Å². The molecule has 0 saturated carbocycles. The van der Waals surface area contributed by atoms with Crippen LogP contribution in [0.5, 0.6) is 0 Å². The monoisotopic (exact) mass is 230 g/mol. The lowest BCUT2D eigenvalue weighted by Gasteiger charge is -2.18. The highest BCUT2D eigenvalue weighted by Crippen LogP contribution is 2.39. The lowest BCUT2D eigenvalue weighted by atomic mass is 9.99. The molecule has 0 amide bonds. The Morgan fingerprint density at radius 3 is 2.67 bits per heavy atom. The van der Waals surface area contributed by atoms with E-state index in [1.807, 2.05) is 18.4 Å². The highest BCUT2D eigenvalue weighted by molar-refractivity contribution is 8.02. The van der Waals surface area contributed by atoms with Crippen molar-refractivity contribution >= 4 is 11.8 Å². The number of benzene rings is 1. The molecule has 15 heavy (non-hydrogen) atoms. The first-order valence-electron chi connectivity index (χ1n) is 4.53. The van der Waals surface area contributed by atoms with Gasteiger partial charge in [0.2, 0.25) is 0 Å². The van der Waals surface area contributed by atoms with Crippen LogP contribution in [0.3, 0.4) is 0 Å². The second-order valence-corrected chi connectivity index (χ2v) is 4.43. The number of halogens is 3. The molecule has 0 saturated heterocycles. The molecule has 0 nitrogen and oxygen atoms in total. The van der Waals surface area contributed by atoms with Crippen LogP contribution in [0.2, 0.25) is 0 Å². The van der Waals surface area contributed by atoms with Gasteiger partial charge in [0.15, 0.2) is 0 Å². The number of thioether (sulfide) groups is 1. The van der Waals surface area contributed by atoms with Gasteiger partial charge >= 0.3 is 6.18 Å². The van der Waals surface area contributed by atoms with Gasteiger partial charge in [0.05, 0.1) is 5.56 Å². The highest BCUT2D eigenvalue weighted by Gasteiger charge is 2.31. The van der Waals surface area contributed by atoms with Crippen molar-refractivity contribution in [1.82, 2.24) is 0 Å². The quantitative estimate of drug-likeness (QED) is 0.635. The Balaban J connectivity index is 2.45. The van der Waals surface area contributed by atoms with Crippen LogP contribution in [0, 0.1) is 0 Å². The zero-order valence-corrected chi connectivity index (χ0v) is 8.82.